The zero-order valence-electron chi connectivity index (χ0n) is 37.1. The SMILES string of the molecule is COC(=O)NC(C(=O)N1CC2(CC2)CC1c1ncc(-c2ccc3cc(-c4ccc(-c5cnc(C6CC7(CN6C(=O)C(NC(=O)OC)C(C)C)OCCO7)[nH]5)cc4)ccc3c2)[nH]1)C(C)C. The van der Waals surface area contributed by atoms with Gasteiger partial charge < -0.3 is 49.3 Å². The molecule has 9 rings (SSSR count). The molecule has 5 heterocycles. The maximum absolute atomic E-state index is 14.0. The standard InChI is InChI=1S/C48H56N8O8/c1-27(2)39(53-45(59)61-5)43(57)55-25-47(15-16-47)21-37(55)41-50-24-36(52-41)34-14-13-32-19-31(11-12-33(32)20-34)29-7-9-30(10-8-29)35-23-49-42(51-35)38-22-48(63-17-18-64-48)26-56(38)44(58)40(28(3)4)54-46(60)62-6/h7-14,19-20,23-24,27-28,37-40H,15-18,21-22,25-26H2,1-6H3,(H,49,51)(H,50,52)(H,53,59)(H,54,60). The normalized spacial score (nSPS) is 20.6. The van der Waals surface area contributed by atoms with E-state index in [1.54, 1.807) is 11.1 Å². The number of aromatic amines is 2. The summed E-state index contributed by atoms with van der Waals surface area (Å²) < 4.78 is 21.7. The lowest BCUT2D eigenvalue weighted by molar-refractivity contribution is -0.153. The number of ether oxygens (including phenoxy) is 4. The summed E-state index contributed by atoms with van der Waals surface area (Å²) in [6, 6.07) is 18.9. The first-order valence-corrected chi connectivity index (χ1v) is 22.1. The number of amides is 4. The number of carbonyl (C=O) groups excluding carboxylic acids is 4. The quantitative estimate of drug-likeness (QED) is 0.106. The summed E-state index contributed by atoms with van der Waals surface area (Å²) in [6.45, 7) is 9.34. The Morgan fingerprint density at radius 2 is 1.12 bits per heavy atom. The number of imidazole rings is 2. The average molecular weight is 873 g/mol. The number of hydrogen-bond acceptors (Lipinski definition) is 10. The van der Waals surface area contributed by atoms with Gasteiger partial charge in [0.25, 0.3) is 0 Å². The van der Waals surface area contributed by atoms with Gasteiger partial charge in [-0.1, -0.05) is 76.2 Å². The lowest BCUT2D eigenvalue weighted by Crippen LogP contribution is -2.52. The van der Waals surface area contributed by atoms with Crippen LogP contribution in [0.4, 0.5) is 9.59 Å². The van der Waals surface area contributed by atoms with E-state index in [0.717, 1.165) is 69.5 Å². The molecule has 4 aliphatic rings. The van der Waals surface area contributed by atoms with Crippen molar-refractivity contribution in [2.45, 2.75) is 83.3 Å². The smallest absolute Gasteiger partial charge is 0.407 e. The molecular formula is C48H56N8O8. The maximum Gasteiger partial charge on any atom is 0.407 e. The average Bonchev–Trinajstić information content (AvgIpc) is 3.94. The van der Waals surface area contributed by atoms with Gasteiger partial charge in [-0.25, -0.2) is 19.6 Å². The number of methoxy groups -OCH3 is 2. The maximum atomic E-state index is 14.0. The minimum atomic E-state index is -0.934. The van der Waals surface area contributed by atoms with E-state index in [2.05, 4.69) is 81.3 Å². The van der Waals surface area contributed by atoms with Crippen molar-refractivity contribution in [2.75, 3.05) is 40.5 Å². The second kappa shape index (κ2) is 17.0. The lowest BCUT2D eigenvalue weighted by Gasteiger charge is -2.30. The number of fused-ring (bicyclic) bond motifs is 1. The van der Waals surface area contributed by atoms with Crippen molar-refractivity contribution in [2.24, 2.45) is 17.3 Å². The fraction of sp³-hybridized carbons (Fsp3) is 0.458. The number of nitrogens with zero attached hydrogens (tertiary/aromatic N) is 4. The number of H-pyrrole nitrogens is 2. The highest BCUT2D eigenvalue weighted by Crippen LogP contribution is 2.58. The third-order valence-electron chi connectivity index (χ3n) is 13.4. The Balaban J connectivity index is 0.898. The van der Waals surface area contributed by atoms with Crippen LogP contribution in [0.1, 0.15) is 77.1 Å². The topological polar surface area (TPSA) is 193 Å². The van der Waals surface area contributed by atoms with Crippen LogP contribution in [0, 0.1) is 17.3 Å². The van der Waals surface area contributed by atoms with Gasteiger partial charge in [0.15, 0.2) is 5.79 Å². The zero-order chi connectivity index (χ0) is 44.9. The van der Waals surface area contributed by atoms with Crippen LogP contribution in [-0.2, 0) is 28.5 Å². The second-order valence-electron chi connectivity index (χ2n) is 18.4. The van der Waals surface area contributed by atoms with Crippen molar-refractivity contribution in [1.29, 1.82) is 0 Å². The molecule has 3 aromatic carbocycles. The molecule has 4 unspecified atom stereocenters. The van der Waals surface area contributed by atoms with Crippen molar-refractivity contribution >= 4 is 34.8 Å². The minimum absolute atomic E-state index is 0.111. The Morgan fingerprint density at radius 1 is 0.656 bits per heavy atom. The molecule has 1 saturated carbocycles. The highest BCUT2D eigenvalue weighted by atomic mass is 16.7. The summed E-state index contributed by atoms with van der Waals surface area (Å²) in [6.07, 6.45) is 5.73. The molecule has 2 aromatic heterocycles. The Bertz CT molecular complexity index is 2560. The summed E-state index contributed by atoms with van der Waals surface area (Å²) >= 11 is 0. The number of alkyl carbamates (subject to hydrolysis) is 2. The molecule has 2 spiro atoms. The molecule has 16 heteroatoms. The van der Waals surface area contributed by atoms with E-state index in [1.807, 2.05) is 38.8 Å². The fourth-order valence-corrected chi connectivity index (χ4v) is 9.59. The van der Waals surface area contributed by atoms with Gasteiger partial charge in [0, 0.05) is 18.5 Å². The zero-order valence-corrected chi connectivity index (χ0v) is 37.1. The summed E-state index contributed by atoms with van der Waals surface area (Å²) in [5.74, 6) is -0.252. The van der Waals surface area contributed by atoms with Gasteiger partial charge in [-0.15, -0.1) is 0 Å². The van der Waals surface area contributed by atoms with Crippen molar-refractivity contribution in [1.82, 2.24) is 40.4 Å². The van der Waals surface area contributed by atoms with E-state index in [-0.39, 0.29) is 41.7 Å². The molecule has 3 aliphatic heterocycles. The minimum Gasteiger partial charge on any atom is -0.453 e. The third kappa shape index (κ3) is 8.31. The number of likely N-dealkylation sites (tertiary alicyclic amines) is 2. The molecular weight excluding hydrogens is 817 g/mol. The first-order chi connectivity index (χ1) is 30.8. The summed E-state index contributed by atoms with van der Waals surface area (Å²) in [4.78, 5) is 72.4. The molecule has 5 aromatic rings. The van der Waals surface area contributed by atoms with Gasteiger partial charge in [0.05, 0.1) is 69.8 Å². The predicted octanol–water partition coefficient (Wildman–Crippen LogP) is 7.12. The molecule has 0 bridgehead atoms. The summed E-state index contributed by atoms with van der Waals surface area (Å²) in [5.41, 5.74) is 5.85. The van der Waals surface area contributed by atoms with Gasteiger partial charge in [-0.3, -0.25) is 9.59 Å². The molecule has 4 fully saturated rings. The molecule has 336 valence electrons. The number of aromatic nitrogens is 4. The number of hydrogen-bond donors (Lipinski definition) is 4. The van der Waals surface area contributed by atoms with Gasteiger partial charge in [-0.2, -0.15) is 0 Å². The molecule has 1 aliphatic carbocycles. The summed E-state index contributed by atoms with van der Waals surface area (Å²) in [5, 5.41) is 7.62. The van der Waals surface area contributed by atoms with Crippen molar-refractivity contribution in [3.05, 3.63) is 84.7 Å². The highest BCUT2D eigenvalue weighted by molar-refractivity contribution is 5.91. The second-order valence-corrected chi connectivity index (χ2v) is 18.4. The Hall–Kier alpha value is -6.26. The predicted molar refractivity (Wildman–Crippen MR) is 237 cm³/mol. The van der Waals surface area contributed by atoms with Gasteiger partial charge in [-0.05, 0) is 76.1 Å². The number of nitrogens with one attached hydrogen (secondary N) is 4. The van der Waals surface area contributed by atoms with Crippen LogP contribution in [-0.4, -0.2) is 112 Å². The Morgan fingerprint density at radius 3 is 1.66 bits per heavy atom. The van der Waals surface area contributed by atoms with Crippen LogP contribution >= 0.6 is 0 Å². The fourth-order valence-electron chi connectivity index (χ4n) is 9.59. The monoisotopic (exact) mass is 872 g/mol. The van der Waals surface area contributed by atoms with Crippen LogP contribution in [0.25, 0.3) is 44.4 Å². The molecule has 4 N–H and O–H groups in total. The van der Waals surface area contributed by atoms with E-state index < -0.39 is 36.1 Å². The molecule has 16 nitrogen and oxygen atoms in total. The third-order valence-corrected chi connectivity index (χ3v) is 13.4. The Labute approximate surface area is 371 Å². The van der Waals surface area contributed by atoms with Crippen LogP contribution in [0.5, 0.6) is 0 Å². The summed E-state index contributed by atoms with van der Waals surface area (Å²) in [7, 11) is 2.58. The van der Waals surface area contributed by atoms with E-state index in [1.165, 1.54) is 14.2 Å². The lowest BCUT2D eigenvalue weighted by atomic mass is 9.98. The number of carbonyl (C=O) groups is 4. The van der Waals surface area contributed by atoms with E-state index in [0.29, 0.717) is 32.0 Å². The van der Waals surface area contributed by atoms with Gasteiger partial charge in [0.2, 0.25) is 11.8 Å². The van der Waals surface area contributed by atoms with Crippen LogP contribution in [0.15, 0.2) is 73.1 Å². The molecule has 0 radical (unpaired) electrons. The Kier molecular flexibility index (Phi) is 11.4. The van der Waals surface area contributed by atoms with Crippen molar-refractivity contribution < 1.29 is 38.1 Å². The van der Waals surface area contributed by atoms with E-state index >= 15 is 0 Å². The van der Waals surface area contributed by atoms with Crippen molar-refractivity contribution in [3.8, 4) is 33.6 Å². The van der Waals surface area contributed by atoms with Crippen LogP contribution < -0.4 is 10.6 Å². The van der Waals surface area contributed by atoms with Crippen LogP contribution in [0.2, 0.25) is 0 Å². The van der Waals surface area contributed by atoms with Crippen LogP contribution in [0.3, 0.4) is 0 Å². The molecule has 64 heavy (non-hydrogen) atoms. The molecule has 4 atom stereocenters. The molecule has 3 saturated heterocycles. The van der Waals surface area contributed by atoms with Gasteiger partial charge >= 0.3 is 12.2 Å². The first-order valence-electron chi connectivity index (χ1n) is 22.1. The highest BCUT2D eigenvalue weighted by Gasteiger charge is 2.55. The van der Waals surface area contributed by atoms with Crippen molar-refractivity contribution in [3.63, 3.8) is 0 Å². The first kappa shape index (κ1) is 43.0. The van der Waals surface area contributed by atoms with E-state index in [4.69, 9.17) is 28.9 Å². The van der Waals surface area contributed by atoms with Gasteiger partial charge in [0.1, 0.15) is 23.7 Å². The number of benzene rings is 3. The largest absolute Gasteiger partial charge is 0.453 e. The number of rotatable bonds is 11. The molecule has 4 amide bonds. The van der Waals surface area contributed by atoms with E-state index in [9.17, 15) is 19.2 Å².